The van der Waals surface area contributed by atoms with E-state index >= 15 is 0 Å². The number of aryl methyl sites for hydroxylation is 1. The van der Waals surface area contributed by atoms with E-state index in [2.05, 4.69) is 46.8 Å². The maximum Gasteiger partial charge on any atom is 0.348 e. The number of alkyl halides is 1. The largest absolute Gasteiger partial charge is 1.00 e. The van der Waals surface area contributed by atoms with Crippen molar-refractivity contribution >= 4 is 23.5 Å². The van der Waals surface area contributed by atoms with E-state index in [9.17, 15) is 9.59 Å². The summed E-state index contributed by atoms with van der Waals surface area (Å²) >= 11 is 5.28. The fraction of sp³-hybridized carbons (Fsp3) is 0.536. The lowest BCUT2D eigenvalue weighted by Crippen LogP contribution is -3.00. The molecule has 0 bridgehead atoms. The molecule has 36 heavy (non-hydrogen) atoms. The number of carbonyl (C=O) groups is 2. The Kier molecular flexibility index (Phi) is 21.8. The molecule has 0 aliphatic heterocycles. The van der Waals surface area contributed by atoms with Crippen molar-refractivity contribution in [3.8, 4) is 0 Å². The number of nitrogens with zero attached hydrogens (tertiary/aromatic N) is 2. The molecule has 0 N–H and O–H groups in total. The molecule has 204 valence electrons. The zero-order valence-electron chi connectivity index (χ0n) is 23.0. The van der Waals surface area contributed by atoms with E-state index < -0.39 is 0 Å². The third kappa shape index (κ3) is 22.2. The number of allylic oxidation sites excluding steroid dienone is 6. The van der Waals surface area contributed by atoms with E-state index in [4.69, 9.17) is 21.1 Å². The zero-order valence-corrected chi connectivity index (χ0v) is 24.5. The summed E-state index contributed by atoms with van der Waals surface area (Å²) in [5.41, 5.74) is 5.15. The van der Waals surface area contributed by atoms with Gasteiger partial charge in [0, 0.05) is 0 Å². The van der Waals surface area contributed by atoms with E-state index in [1.54, 1.807) is 4.57 Å². The van der Waals surface area contributed by atoms with Crippen LogP contribution in [-0.4, -0.2) is 35.6 Å². The molecular formula is C28H44Cl2N2O4. The maximum absolute atomic E-state index is 11.6. The van der Waals surface area contributed by atoms with Crippen LogP contribution < -0.4 is 17.0 Å². The minimum Gasteiger partial charge on any atom is -1.00 e. The minimum atomic E-state index is -0.370. The molecule has 8 heteroatoms. The first-order valence-corrected chi connectivity index (χ1v) is 12.5. The van der Waals surface area contributed by atoms with Gasteiger partial charge in [0.15, 0.2) is 6.54 Å². The van der Waals surface area contributed by atoms with Gasteiger partial charge in [-0.2, -0.15) is 0 Å². The Morgan fingerprint density at radius 1 is 0.833 bits per heavy atom. The Hall–Kier alpha value is -2.31. The molecule has 0 amide bonds. The van der Waals surface area contributed by atoms with Crippen LogP contribution in [0, 0.1) is 0 Å². The summed E-state index contributed by atoms with van der Waals surface area (Å²) in [6.07, 6.45) is 18.0. The topological polar surface area (TPSA) is 61.4 Å². The third-order valence-corrected chi connectivity index (χ3v) is 5.00. The lowest BCUT2D eigenvalue weighted by atomic mass is 10.1. The monoisotopic (exact) mass is 542 g/mol. The van der Waals surface area contributed by atoms with Crippen LogP contribution in [0.25, 0.3) is 0 Å². The zero-order chi connectivity index (χ0) is 26.6. The summed E-state index contributed by atoms with van der Waals surface area (Å²) in [5.74, 6) is -0.662. The van der Waals surface area contributed by atoms with Gasteiger partial charge in [-0.3, -0.25) is 4.79 Å². The number of halogens is 2. The van der Waals surface area contributed by atoms with Crippen LogP contribution in [0.4, 0.5) is 0 Å². The van der Waals surface area contributed by atoms with Crippen molar-refractivity contribution in [3.05, 3.63) is 65.3 Å². The summed E-state index contributed by atoms with van der Waals surface area (Å²) in [4.78, 5) is 22.3. The fourth-order valence-electron chi connectivity index (χ4n) is 2.76. The second-order valence-corrected chi connectivity index (χ2v) is 9.26. The first kappa shape index (κ1) is 35.8. The van der Waals surface area contributed by atoms with Crippen LogP contribution in [0.3, 0.4) is 0 Å². The van der Waals surface area contributed by atoms with Gasteiger partial charge in [0.05, 0.1) is 7.05 Å². The van der Waals surface area contributed by atoms with Crippen LogP contribution in [0.1, 0.15) is 67.2 Å². The molecule has 0 atom stereocenters. The average molecular weight is 544 g/mol. The summed E-state index contributed by atoms with van der Waals surface area (Å²) in [6, 6.07) is 0. The summed E-state index contributed by atoms with van der Waals surface area (Å²) in [6.45, 7) is 13.4. The number of aromatic nitrogens is 2. The molecule has 0 radical (unpaired) electrons. The molecule has 0 aromatic carbocycles. The Bertz CT molecular complexity index is 891. The molecule has 1 aromatic rings. The van der Waals surface area contributed by atoms with Gasteiger partial charge in [0.2, 0.25) is 6.33 Å². The van der Waals surface area contributed by atoms with Crippen molar-refractivity contribution in [1.82, 2.24) is 4.57 Å². The number of carbonyl (C=O) groups excluding carboxylic acids is 2. The average Bonchev–Trinajstić information content (AvgIpc) is 3.17. The molecule has 0 unspecified atom stereocenters. The van der Waals surface area contributed by atoms with E-state index in [0.29, 0.717) is 13.2 Å². The van der Waals surface area contributed by atoms with Gasteiger partial charge in [-0.25, -0.2) is 13.9 Å². The van der Waals surface area contributed by atoms with Crippen LogP contribution in [0.5, 0.6) is 0 Å². The third-order valence-electron chi connectivity index (χ3n) is 4.78. The highest BCUT2D eigenvalue weighted by Crippen LogP contribution is 2.07. The fourth-order valence-corrected chi connectivity index (χ4v) is 2.84. The second kappa shape index (κ2) is 21.9. The van der Waals surface area contributed by atoms with Crippen LogP contribution in [0.2, 0.25) is 0 Å². The Balaban J connectivity index is 0. The number of rotatable bonds is 13. The van der Waals surface area contributed by atoms with Crippen LogP contribution in [-0.2, 0) is 32.7 Å². The molecule has 0 saturated heterocycles. The van der Waals surface area contributed by atoms with Crippen molar-refractivity contribution in [3.63, 3.8) is 0 Å². The molecule has 0 saturated carbocycles. The molecule has 1 aromatic heterocycles. The van der Waals surface area contributed by atoms with E-state index in [-0.39, 0.29) is 36.8 Å². The van der Waals surface area contributed by atoms with Crippen LogP contribution in [0.15, 0.2) is 65.3 Å². The molecule has 1 heterocycles. The maximum atomic E-state index is 11.6. The quantitative estimate of drug-likeness (QED) is 0.166. The van der Waals surface area contributed by atoms with Gasteiger partial charge in [0.25, 0.3) is 0 Å². The highest BCUT2D eigenvalue weighted by Gasteiger charge is 2.08. The van der Waals surface area contributed by atoms with Crippen molar-refractivity contribution in [1.29, 1.82) is 0 Å². The van der Waals surface area contributed by atoms with E-state index in [0.717, 1.165) is 25.7 Å². The van der Waals surface area contributed by atoms with Gasteiger partial charge in [-0.1, -0.05) is 34.4 Å². The predicted molar refractivity (Wildman–Crippen MR) is 143 cm³/mol. The van der Waals surface area contributed by atoms with E-state index in [1.807, 2.05) is 49.4 Å². The number of hydrogen-bond acceptors (Lipinski definition) is 4. The predicted octanol–water partition coefficient (Wildman–Crippen LogP) is 3.01. The standard InChI is InChI=1S/C16H25N2O2.C12H19ClO2.ClH/c1-14(2)6-5-7-15(3)8-11-20-16(19)12-18-10-9-17(4)13-18;1-10(2)5-4-6-11(3)7-8-15-12(14)9-13;/h6,8-10,13H,5,7,11-12H2,1-4H3;5,7H,4,6,8-9H2,1-3H3;1H/q+1;;/p-1/b15-8+;11-7+;. The van der Waals surface area contributed by atoms with Gasteiger partial charge in [-0.15, -0.1) is 11.6 Å². The number of ether oxygens (including phenoxy) is 2. The normalized spacial score (nSPS) is 10.9. The molecule has 1 rings (SSSR count). The lowest BCUT2D eigenvalue weighted by molar-refractivity contribution is -0.671. The Morgan fingerprint density at radius 3 is 1.69 bits per heavy atom. The lowest BCUT2D eigenvalue weighted by Gasteiger charge is -2.02. The molecule has 0 spiro atoms. The SMILES string of the molecule is CC(C)=CCC/C(C)=C/COC(=O)CCl.CC(C)=CCC/C(C)=C/COC(=O)Cn1cc[n+](C)c1.[Cl-]. The Labute approximate surface area is 229 Å². The Morgan fingerprint density at radius 2 is 1.31 bits per heavy atom. The van der Waals surface area contributed by atoms with Gasteiger partial charge >= 0.3 is 11.9 Å². The first-order chi connectivity index (χ1) is 16.5. The van der Waals surface area contributed by atoms with Crippen molar-refractivity contribution in [2.45, 2.75) is 73.8 Å². The first-order valence-electron chi connectivity index (χ1n) is 12.0. The molecule has 6 nitrogen and oxygen atoms in total. The minimum absolute atomic E-state index is 0. The van der Waals surface area contributed by atoms with Gasteiger partial charge in [0.1, 0.15) is 31.5 Å². The highest BCUT2D eigenvalue weighted by atomic mass is 35.5. The van der Waals surface area contributed by atoms with Gasteiger partial charge in [-0.05, 0) is 79.4 Å². The van der Waals surface area contributed by atoms with E-state index in [1.165, 1.54) is 22.3 Å². The number of imidazole rings is 1. The molecule has 0 aliphatic carbocycles. The molecular weight excluding hydrogens is 499 g/mol. The summed E-state index contributed by atoms with van der Waals surface area (Å²) in [5, 5.41) is 0. The number of hydrogen-bond donors (Lipinski definition) is 0. The van der Waals surface area contributed by atoms with Gasteiger partial charge < -0.3 is 21.9 Å². The van der Waals surface area contributed by atoms with Crippen molar-refractivity contribution in [2.75, 3.05) is 19.1 Å². The van der Waals surface area contributed by atoms with Crippen LogP contribution >= 0.6 is 11.6 Å². The smallest absolute Gasteiger partial charge is 0.348 e. The van der Waals surface area contributed by atoms with Crippen molar-refractivity contribution < 1.29 is 36.0 Å². The summed E-state index contributed by atoms with van der Waals surface area (Å²) < 4.78 is 13.7. The van der Waals surface area contributed by atoms with Crippen molar-refractivity contribution in [2.24, 2.45) is 7.05 Å². The molecule has 0 aliphatic rings. The highest BCUT2D eigenvalue weighted by molar-refractivity contribution is 6.26. The molecule has 0 fully saturated rings. The summed E-state index contributed by atoms with van der Waals surface area (Å²) in [7, 11) is 1.92. The second-order valence-electron chi connectivity index (χ2n) is 8.99. The number of esters is 2.